The first-order valence-electron chi connectivity index (χ1n) is 9.53. The highest BCUT2D eigenvalue weighted by Crippen LogP contribution is 2.25. The number of hydrogen-bond donors (Lipinski definition) is 1. The number of imidazole rings is 1. The molecule has 0 saturated heterocycles. The molecule has 0 fully saturated rings. The lowest BCUT2D eigenvalue weighted by Crippen LogP contribution is -2.31. The van der Waals surface area contributed by atoms with Crippen molar-refractivity contribution in [3.63, 3.8) is 0 Å². The third-order valence-corrected chi connectivity index (χ3v) is 4.61. The number of benzene rings is 1. The topological polar surface area (TPSA) is 151 Å². The molecule has 2 aromatic heterocycles. The van der Waals surface area contributed by atoms with Gasteiger partial charge >= 0.3 is 17.3 Å². The normalized spacial score (nSPS) is 10.9. The summed E-state index contributed by atoms with van der Waals surface area (Å²) in [6.07, 6.45) is 1.58. The van der Waals surface area contributed by atoms with Crippen LogP contribution in [0.3, 0.4) is 0 Å². The average molecular weight is 431 g/mol. The molecule has 0 bridgehead atoms. The molecule has 3 rings (SSSR count). The van der Waals surface area contributed by atoms with E-state index in [4.69, 9.17) is 9.47 Å². The number of esters is 1. The summed E-state index contributed by atoms with van der Waals surface area (Å²) >= 11 is 0. The highest BCUT2D eigenvalue weighted by atomic mass is 16.6. The largest absolute Gasteiger partial charge is 0.475 e. The van der Waals surface area contributed by atoms with Crippen molar-refractivity contribution < 1.29 is 19.2 Å². The predicted molar refractivity (Wildman–Crippen MR) is 109 cm³/mol. The van der Waals surface area contributed by atoms with Crippen molar-refractivity contribution in [2.45, 2.75) is 32.9 Å². The van der Waals surface area contributed by atoms with E-state index >= 15 is 0 Å². The summed E-state index contributed by atoms with van der Waals surface area (Å²) in [7, 11) is 1.58. The fourth-order valence-corrected chi connectivity index (χ4v) is 3.00. The number of hydrogen-bond acceptors (Lipinski definition) is 8. The summed E-state index contributed by atoms with van der Waals surface area (Å²) in [6.45, 7) is 1.55. The second-order valence-electron chi connectivity index (χ2n) is 6.70. The minimum atomic E-state index is -0.775. The van der Waals surface area contributed by atoms with Crippen LogP contribution in [0.1, 0.15) is 25.6 Å². The van der Waals surface area contributed by atoms with Crippen molar-refractivity contribution in [3.8, 4) is 5.75 Å². The lowest BCUT2D eigenvalue weighted by Gasteiger charge is -2.07. The van der Waals surface area contributed by atoms with E-state index < -0.39 is 28.7 Å². The highest BCUT2D eigenvalue weighted by molar-refractivity contribution is 5.72. The molecule has 0 spiro atoms. The molecule has 2 heterocycles. The molecule has 0 aliphatic carbocycles. The molecule has 0 unspecified atom stereocenters. The number of para-hydroxylation sites is 2. The van der Waals surface area contributed by atoms with Crippen LogP contribution < -0.4 is 16.0 Å². The highest BCUT2D eigenvalue weighted by Gasteiger charge is 2.19. The number of ether oxygens (including phenoxy) is 2. The maximum atomic E-state index is 12.2. The zero-order valence-corrected chi connectivity index (χ0v) is 17.0. The van der Waals surface area contributed by atoms with Gasteiger partial charge < -0.3 is 14.0 Å². The maximum Gasteiger partial charge on any atom is 0.344 e. The van der Waals surface area contributed by atoms with Crippen molar-refractivity contribution >= 4 is 22.8 Å². The number of carbonyl (C=O) groups is 1. The first-order chi connectivity index (χ1) is 14.8. The zero-order valence-electron chi connectivity index (χ0n) is 17.0. The number of rotatable bonds is 9. The summed E-state index contributed by atoms with van der Waals surface area (Å²) in [5.74, 6) is -0.573. The Hall–Kier alpha value is -3.96. The number of nitrogens with one attached hydrogen (secondary N) is 1. The van der Waals surface area contributed by atoms with E-state index in [0.717, 1.165) is 12.8 Å². The summed E-state index contributed by atoms with van der Waals surface area (Å²) in [6, 6.07) is 5.66. The molecule has 0 amide bonds. The second-order valence-corrected chi connectivity index (χ2v) is 6.70. The monoisotopic (exact) mass is 431 g/mol. The number of fused-ring (bicyclic) bond motifs is 1. The van der Waals surface area contributed by atoms with Crippen LogP contribution in [0.2, 0.25) is 0 Å². The maximum absolute atomic E-state index is 12.2. The van der Waals surface area contributed by atoms with Gasteiger partial charge in [0.2, 0.25) is 0 Å². The van der Waals surface area contributed by atoms with Gasteiger partial charge in [-0.2, -0.15) is 0 Å². The van der Waals surface area contributed by atoms with E-state index in [1.54, 1.807) is 13.1 Å². The first kappa shape index (κ1) is 21.7. The molecule has 0 saturated carbocycles. The van der Waals surface area contributed by atoms with Crippen molar-refractivity contribution in [1.29, 1.82) is 0 Å². The Morgan fingerprint density at radius 1 is 1.29 bits per heavy atom. The quantitative estimate of drug-likeness (QED) is 0.302. The molecule has 164 valence electrons. The number of H-pyrrole nitrogens is 1. The van der Waals surface area contributed by atoms with E-state index in [2.05, 4.69) is 9.97 Å². The average Bonchev–Trinajstić information content (AvgIpc) is 3.07. The van der Waals surface area contributed by atoms with Gasteiger partial charge in [-0.15, -0.1) is 0 Å². The number of aromatic nitrogens is 4. The van der Waals surface area contributed by atoms with Gasteiger partial charge in [0.05, 0.1) is 4.92 Å². The van der Waals surface area contributed by atoms with Crippen LogP contribution in [-0.4, -0.2) is 36.6 Å². The Morgan fingerprint density at radius 2 is 2.03 bits per heavy atom. The Kier molecular flexibility index (Phi) is 6.48. The number of unbranched alkanes of at least 4 members (excludes halogenated alkanes) is 1. The van der Waals surface area contributed by atoms with Crippen molar-refractivity contribution in [3.05, 3.63) is 61.0 Å². The van der Waals surface area contributed by atoms with Gasteiger partial charge in [-0.1, -0.05) is 25.5 Å². The van der Waals surface area contributed by atoms with Crippen LogP contribution in [0, 0.1) is 10.1 Å². The number of nitro benzene ring substituents is 1. The van der Waals surface area contributed by atoms with E-state index in [1.165, 1.54) is 27.3 Å². The van der Waals surface area contributed by atoms with Crippen LogP contribution in [0.5, 0.6) is 5.75 Å². The van der Waals surface area contributed by atoms with Gasteiger partial charge in [0, 0.05) is 19.7 Å². The Bertz CT molecular complexity index is 1240. The standard InChI is InChI=1S/C19H21N5O7/c1-3-4-9-23-17-16(18(26)21-19(23)27)22(2)14(20-17)10-31-15(25)11-30-13-8-6-5-7-12(13)24(28)29/h5-8H,3-4,9-11H2,1-2H3,(H,21,26,27). The molecule has 12 nitrogen and oxygen atoms in total. The van der Waals surface area contributed by atoms with Crippen molar-refractivity contribution in [2.75, 3.05) is 6.61 Å². The van der Waals surface area contributed by atoms with Gasteiger partial charge in [0.15, 0.2) is 23.5 Å². The van der Waals surface area contributed by atoms with Crippen LogP contribution in [-0.2, 0) is 29.7 Å². The first-order valence-corrected chi connectivity index (χ1v) is 9.53. The molecule has 0 atom stereocenters. The Balaban J connectivity index is 1.74. The molecular weight excluding hydrogens is 410 g/mol. The van der Waals surface area contributed by atoms with Gasteiger partial charge in [0.25, 0.3) is 5.56 Å². The van der Waals surface area contributed by atoms with E-state index in [9.17, 15) is 24.5 Å². The smallest absolute Gasteiger partial charge is 0.344 e. The summed E-state index contributed by atoms with van der Waals surface area (Å²) in [5.41, 5.74) is -0.995. The van der Waals surface area contributed by atoms with Crippen molar-refractivity contribution in [2.24, 2.45) is 7.05 Å². The molecule has 1 N–H and O–H groups in total. The van der Waals surface area contributed by atoms with Crippen molar-refractivity contribution in [1.82, 2.24) is 19.1 Å². The summed E-state index contributed by atoms with van der Waals surface area (Å²) in [5, 5.41) is 11.0. The van der Waals surface area contributed by atoms with Gasteiger partial charge in [0.1, 0.15) is 12.4 Å². The fourth-order valence-electron chi connectivity index (χ4n) is 3.00. The minimum Gasteiger partial charge on any atom is -0.475 e. The number of carbonyl (C=O) groups excluding carboxylic acids is 1. The SMILES string of the molecule is CCCCn1c(=O)[nH]c(=O)c2c1nc(COC(=O)COc1ccccc1[N+](=O)[O-])n2C. The molecule has 1 aromatic carbocycles. The van der Waals surface area contributed by atoms with Crippen LogP contribution in [0.4, 0.5) is 5.69 Å². The second kappa shape index (κ2) is 9.24. The molecule has 0 radical (unpaired) electrons. The van der Waals surface area contributed by atoms with E-state index in [1.807, 2.05) is 6.92 Å². The third-order valence-electron chi connectivity index (χ3n) is 4.61. The zero-order chi connectivity index (χ0) is 22.5. The van der Waals surface area contributed by atoms with E-state index in [0.29, 0.717) is 6.54 Å². The lowest BCUT2D eigenvalue weighted by atomic mass is 10.3. The van der Waals surface area contributed by atoms with E-state index in [-0.39, 0.29) is 35.0 Å². The Labute approximate surface area is 175 Å². The molecular formula is C19H21N5O7. The summed E-state index contributed by atoms with van der Waals surface area (Å²) < 4.78 is 13.2. The van der Waals surface area contributed by atoms with Crippen LogP contribution in [0.25, 0.3) is 11.2 Å². The third kappa shape index (κ3) is 4.63. The Morgan fingerprint density at radius 3 is 2.74 bits per heavy atom. The van der Waals surface area contributed by atoms with Gasteiger partial charge in [-0.05, 0) is 12.5 Å². The molecule has 0 aliphatic heterocycles. The van der Waals surface area contributed by atoms with Crippen LogP contribution >= 0.6 is 0 Å². The fraction of sp³-hybridized carbons (Fsp3) is 0.368. The lowest BCUT2D eigenvalue weighted by molar-refractivity contribution is -0.385. The number of aromatic amines is 1. The number of nitro groups is 1. The summed E-state index contributed by atoms with van der Waals surface area (Å²) in [4.78, 5) is 53.4. The van der Waals surface area contributed by atoms with Crippen LogP contribution in [0.15, 0.2) is 33.9 Å². The number of aryl methyl sites for hydroxylation is 2. The molecule has 0 aliphatic rings. The van der Waals surface area contributed by atoms with Gasteiger partial charge in [-0.3, -0.25) is 24.5 Å². The van der Waals surface area contributed by atoms with Gasteiger partial charge in [-0.25, -0.2) is 14.6 Å². The minimum absolute atomic E-state index is 0.0568. The molecule has 31 heavy (non-hydrogen) atoms. The molecule has 12 heteroatoms. The number of nitrogens with zero attached hydrogens (tertiary/aromatic N) is 4. The predicted octanol–water partition coefficient (Wildman–Crippen LogP) is 1.25. The molecule has 3 aromatic rings.